The van der Waals surface area contributed by atoms with Gasteiger partial charge in [-0.15, -0.1) is 0 Å². The van der Waals surface area contributed by atoms with Crippen LogP contribution in [0.2, 0.25) is 0 Å². The van der Waals surface area contributed by atoms with Crippen molar-refractivity contribution in [1.29, 1.82) is 0 Å². The van der Waals surface area contributed by atoms with Gasteiger partial charge in [0.1, 0.15) is 11.5 Å². The zero-order valence-electron chi connectivity index (χ0n) is 21.1. The van der Waals surface area contributed by atoms with Crippen molar-refractivity contribution in [3.05, 3.63) is 101 Å². The average Bonchev–Trinajstić information content (AvgIpc) is 3.17. The van der Waals surface area contributed by atoms with E-state index in [1.807, 2.05) is 38.1 Å². The minimum atomic E-state index is -0.857. The summed E-state index contributed by atoms with van der Waals surface area (Å²) < 4.78 is 10.7. The summed E-state index contributed by atoms with van der Waals surface area (Å²) in [5.74, 6) is -1.64. The van der Waals surface area contributed by atoms with E-state index in [9.17, 15) is 19.5 Å². The van der Waals surface area contributed by atoms with E-state index in [-0.39, 0.29) is 17.9 Å². The van der Waals surface area contributed by atoms with Gasteiger partial charge in [-0.1, -0.05) is 36.8 Å². The largest absolute Gasteiger partial charge is 0.507 e. The second kappa shape index (κ2) is 11.1. The first-order valence-electron chi connectivity index (χ1n) is 12.2. The predicted molar refractivity (Wildman–Crippen MR) is 141 cm³/mol. The Labute approximate surface area is 215 Å². The molecule has 7 heteroatoms. The van der Waals surface area contributed by atoms with Crippen LogP contribution in [0.5, 0.6) is 5.75 Å². The Morgan fingerprint density at radius 3 is 2.24 bits per heavy atom. The lowest BCUT2D eigenvalue weighted by atomic mass is 9.94. The molecule has 1 aliphatic heterocycles. The summed E-state index contributed by atoms with van der Waals surface area (Å²) >= 11 is 0. The highest BCUT2D eigenvalue weighted by Gasteiger charge is 2.47. The number of esters is 1. The number of carbonyl (C=O) groups excluding carboxylic acids is 3. The van der Waals surface area contributed by atoms with Gasteiger partial charge in [0.25, 0.3) is 11.7 Å². The Morgan fingerprint density at radius 1 is 0.946 bits per heavy atom. The Kier molecular flexibility index (Phi) is 7.72. The number of carbonyl (C=O) groups is 3. The topological polar surface area (TPSA) is 93.1 Å². The van der Waals surface area contributed by atoms with Gasteiger partial charge in [0.05, 0.1) is 30.4 Å². The normalized spacial score (nSPS) is 16.6. The standard InChI is InChI=1S/C30H29NO6/c1-4-17-37-24-15-11-20(12-16-24)27(32)25-26(22-8-6-7-19(3)18-22)31(29(34)28(25)33)23-13-9-21(10-14-23)30(35)36-5-2/h6-16,18,26,32H,4-5,17H2,1-3H3/b27-25+. The van der Waals surface area contributed by atoms with Crippen molar-refractivity contribution < 1.29 is 29.0 Å². The second-order valence-electron chi connectivity index (χ2n) is 8.72. The molecule has 4 rings (SSSR count). The van der Waals surface area contributed by atoms with Crippen LogP contribution in [0.15, 0.2) is 78.4 Å². The van der Waals surface area contributed by atoms with Gasteiger partial charge < -0.3 is 14.6 Å². The van der Waals surface area contributed by atoms with E-state index in [1.165, 1.54) is 4.90 Å². The number of ether oxygens (including phenoxy) is 2. The lowest BCUT2D eigenvalue weighted by Crippen LogP contribution is -2.29. The molecule has 0 radical (unpaired) electrons. The van der Waals surface area contributed by atoms with Gasteiger partial charge in [-0.25, -0.2) is 4.79 Å². The molecule has 1 heterocycles. The number of hydrogen-bond acceptors (Lipinski definition) is 6. The van der Waals surface area contributed by atoms with Crippen molar-refractivity contribution >= 4 is 29.1 Å². The molecular formula is C30H29NO6. The van der Waals surface area contributed by atoms with Crippen LogP contribution >= 0.6 is 0 Å². The van der Waals surface area contributed by atoms with Crippen molar-refractivity contribution in [3.8, 4) is 5.75 Å². The molecule has 1 aliphatic rings. The quantitative estimate of drug-likeness (QED) is 0.188. The fourth-order valence-corrected chi connectivity index (χ4v) is 4.31. The molecule has 1 amide bonds. The molecule has 0 bridgehead atoms. The van der Waals surface area contributed by atoms with Gasteiger partial charge in [-0.05, 0) is 74.4 Å². The molecule has 7 nitrogen and oxygen atoms in total. The monoisotopic (exact) mass is 499 g/mol. The molecular weight excluding hydrogens is 470 g/mol. The van der Waals surface area contributed by atoms with Crippen molar-refractivity contribution in [2.75, 3.05) is 18.1 Å². The summed E-state index contributed by atoms with van der Waals surface area (Å²) in [6, 6.07) is 19.7. The molecule has 0 saturated carbocycles. The van der Waals surface area contributed by atoms with Crippen molar-refractivity contribution in [3.63, 3.8) is 0 Å². The number of rotatable bonds is 8. The SMILES string of the molecule is CCCOc1ccc(/C(O)=C2\C(=O)C(=O)N(c3ccc(C(=O)OCC)cc3)C2c2cccc(C)c2)cc1. The van der Waals surface area contributed by atoms with Gasteiger partial charge in [0, 0.05) is 11.3 Å². The number of hydrogen-bond donors (Lipinski definition) is 1. The predicted octanol–water partition coefficient (Wildman–Crippen LogP) is 5.59. The van der Waals surface area contributed by atoms with Gasteiger partial charge in [0.15, 0.2) is 0 Å². The maximum absolute atomic E-state index is 13.3. The average molecular weight is 500 g/mol. The molecule has 1 atom stereocenters. The van der Waals surface area contributed by atoms with E-state index in [4.69, 9.17) is 9.47 Å². The molecule has 0 aromatic heterocycles. The van der Waals surface area contributed by atoms with Gasteiger partial charge in [0.2, 0.25) is 0 Å². The minimum absolute atomic E-state index is 0.00713. The molecule has 1 fully saturated rings. The molecule has 1 saturated heterocycles. The highest BCUT2D eigenvalue weighted by atomic mass is 16.5. The van der Waals surface area contributed by atoms with E-state index in [2.05, 4.69) is 0 Å². The molecule has 1 unspecified atom stereocenters. The van der Waals surface area contributed by atoms with E-state index in [0.29, 0.717) is 34.7 Å². The molecule has 190 valence electrons. The zero-order chi connectivity index (χ0) is 26.5. The summed E-state index contributed by atoms with van der Waals surface area (Å²) in [5, 5.41) is 11.3. The van der Waals surface area contributed by atoms with Crippen molar-refractivity contribution in [2.24, 2.45) is 0 Å². The summed E-state index contributed by atoms with van der Waals surface area (Å²) in [7, 11) is 0. The van der Waals surface area contributed by atoms with Crippen molar-refractivity contribution in [1.82, 2.24) is 0 Å². The molecule has 3 aromatic rings. The summed E-state index contributed by atoms with van der Waals surface area (Å²) in [4.78, 5) is 40.1. The lowest BCUT2D eigenvalue weighted by molar-refractivity contribution is -0.132. The van der Waals surface area contributed by atoms with Crippen molar-refractivity contribution in [2.45, 2.75) is 33.2 Å². The summed E-state index contributed by atoms with van der Waals surface area (Å²) in [6.07, 6.45) is 0.864. The third-order valence-electron chi connectivity index (χ3n) is 6.06. The van der Waals surface area contributed by atoms with Crippen LogP contribution in [-0.2, 0) is 14.3 Å². The Balaban J connectivity index is 1.80. The smallest absolute Gasteiger partial charge is 0.338 e. The second-order valence-corrected chi connectivity index (χ2v) is 8.72. The lowest BCUT2D eigenvalue weighted by Gasteiger charge is -2.26. The van der Waals surface area contributed by atoms with Crippen LogP contribution in [0.1, 0.15) is 53.4 Å². The van der Waals surface area contributed by atoms with E-state index in [1.54, 1.807) is 55.5 Å². The van der Waals surface area contributed by atoms with E-state index in [0.717, 1.165) is 12.0 Å². The number of aryl methyl sites for hydroxylation is 1. The Hall–Kier alpha value is -4.39. The van der Waals surface area contributed by atoms with Crippen LogP contribution in [0.3, 0.4) is 0 Å². The number of nitrogens with zero attached hydrogens (tertiary/aromatic N) is 1. The Bertz CT molecular complexity index is 1340. The minimum Gasteiger partial charge on any atom is -0.507 e. The molecule has 37 heavy (non-hydrogen) atoms. The Morgan fingerprint density at radius 2 is 1.62 bits per heavy atom. The summed E-state index contributed by atoms with van der Waals surface area (Å²) in [5.41, 5.74) is 2.77. The molecule has 1 N–H and O–H groups in total. The first kappa shape index (κ1) is 25.7. The van der Waals surface area contributed by atoms with Crippen LogP contribution in [0.4, 0.5) is 5.69 Å². The maximum atomic E-state index is 13.3. The number of Topliss-reactive ketones (excluding diaryl/α,β-unsaturated/α-hetero) is 1. The number of aliphatic hydroxyl groups is 1. The third kappa shape index (κ3) is 5.26. The molecule has 0 aliphatic carbocycles. The molecule has 3 aromatic carbocycles. The third-order valence-corrected chi connectivity index (χ3v) is 6.06. The van der Waals surface area contributed by atoms with Crippen LogP contribution in [-0.4, -0.2) is 36.0 Å². The van der Waals surface area contributed by atoms with Crippen LogP contribution in [0.25, 0.3) is 5.76 Å². The van der Waals surface area contributed by atoms with Crippen LogP contribution in [0, 0.1) is 6.92 Å². The molecule has 0 spiro atoms. The van der Waals surface area contributed by atoms with E-state index >= 15 is 0 Å². The summed E-state index contributed by atoms with van der Waals surface area (Å²) in [6.45, 7) is 6.46. The maximum Gasteiger partial charge on any atom is 0.338 e. The fraction of sp³-hybridized carbons (Fsp3) is 0.233. The number of amides is 1. The van der Waals surface area contributed by atoms with Gasteiger partial charge in [-0.3, -0.25) is 14.5 Å². The first-order valence-corrected chi connectivity index (χ1v) is 12.2. The fourth-order valence-electron chi connectivity index (χ4n) is 4.31. The van der Waals surface area contributed by atoms with Gasteiger partial charge >= 0.3 is 5.97 Å². The number of anilines is 1. The number of ketones is 1. The zero-order valence-corrected chi connectivity index (χ0v) is 21.1. The van der Waals surface area contributed by atoms with Crippen LogP contribution < -0.4 is 9.64 Å². The highest BCUT2D eigenvalue weighted by Crippen LogP contribution is 2.42. The van der Waals surface area contributed by atoms with Gasteiger partial charge in [-0.2, -0.15) is 0 Å². The van der Waals surface area contributed by atoms with E-state index < -0.39 is 23.7 Å². The number of benzene rings is 3. The number of aliphatic hydroxyl groups excluding tert-OH is 1. The first-order chi connectivity index (χ1) is 17.8. The highest BCUT2D eigenvalue weighted by molar-refractivity contribution is 6.51.